The maximum Gasteiger partial charge on any atom is 0.298 e. The fourth-order valence-corrected chi connectivity index (χ4v) is 4.75. The Morgan fingerprint density at radius 1 is 1.20 bits per heavy atom. The Bertz CT molecular complexity index is 1050. The SMILES string of the molecule is Cc1ccc2c(ncn2C2=NC(C)(C)C(F)(F)c3cc(Br)sc32)c1C. The first-order valence-corrected chi connectivity index (χ1v) is 9.46. The van der Waals surface area contributed by atoms with Gasteiger partial charge < -0.3 is 0 Å². The second-order valence-corrected chi connectivity index (χ2v) is 9.28. The van der Waals surface area contributed by atoms with Gasteiger partial charge in [-0.3, -0.25) is 9.56 Å². The third kappa shape index (κ3) is 2.25. The predicted octanol–water partition coefficient (Wildman–Crippen LogP) is 5.66. The lowest BCUT2D eigenvalue weighted by Gasteiger charge is -2.35. The molecule has 0 saturated carbocycles. The minimum Gasteiger partial charge on any atom is -0.282 e. The first-order chi connectivity index (χ1) is 11.6. The summed E-state index contributed by atoms with van der Waals surface area (Å²) in [6.07, 6.45) is 1.67. The number of alkyl halides is 2. The number of imidazole rings is 1. The van der Waals surface area contributed by atoms with Crippen LogP contribution in [0.3, 0.4) is 0 Å². The van der Waals surface area contributed by atoms with Crippen LogP contribution in [-0.4, -0.2) is 20.9 Å². The van der Waals surface area contributed by atoms with Crippen molar-refractivity contribution < 1.29 is 8.78 Å². The Balaban J connectivity index is 2.03. The van der Waals surface area contributed by atoms with Crippen LogP contribution in [0.4, 0.5) is 8.78 Å². The molecule has 1 aliphatic rings. The Morgan fingerprint density at radius 3 is 2.64 bits per heavy atom. The number of aromatic nitrogens is 2. The van der Waals surface area contributed by atoms with Gasteiger partial charge in [0.25, 0.3) is 5.92 Å². The van der Waals surface area contributed by atoms with Crippen molar-refractivity contribution in [3.63, 3.8) is 0 Å². The van der Waals surface area contributed by atoms with Gasteiger partial charge in [0.1, 0.15) is 11.9 Å². The summed E-state index contributed by atoms with van der Waals surface area (Å²) in [7, 11) is 0. The molecule has 3 aromatic rings. The molecule has 3 heterocycles. The number of fused-ring (bicyclic) bond motifs is 2. The van der Waals surface area contributed by atoms with E-state index >= 15 is 0 Å². The highest BCUT2D eigenvalue weighted by molar-refractivity contribution is 9.11. The molecule has 0 bridgehead atoms. The third-order valence-corrected chi connectivity index (χ3v) is 6.50. The van der Waals surface area contributed by atoms with Gasteiger partial charge in [0, 0.05) is 5.56 Å². The van der Waals surface area contributed by atoms with Gasteiger partial charge in [0.2, 0.25) is 0 Å². The number of thiophene rings is 1. The van der Waals surface area contributed by atoms with Crippen molar-refractivity contribution in [3.8, 4) is 0 Å². The van der Waals surface area contributed by atoms with Crippen LogP contribution in [0.5, 0.6) is 0 Å². The molecule has 130 valence electrons. The van der Waals surface area contributed by atoms with Crippen molar-refractivity contribution in [2.24, 2.45) is 4.99 Å². The van der Waals surface area contributed by atoms with Crippen molar-refractivity contribution in [3.05, 3.63) is 49.9 Å². The van der Waals surface area contributed by atoms with Crippen molar-refractivity contribution in [2.45, 2.75) is 39.2 Å². The topological polar surface area (TPSA) is 30.2 Å². The second-order valence-electron chi connectivity index (χ2n) is 6.85. The Hall–Kier alpha value is -1.60. The molecule has 1 aromatic carbocycles. The summed E-state index contributed by atoms with van der Waals surface area (Å²) in [6.45, 7) is 6.99. The number of aliphatic imine (C=N–C) groups is 1. The van der Waals surface area contributed by atoms with Crippen LogP contribution in [0.1, 0.15) is 35.4 Å². The molecule has 25 heavy (non-hydrogen) atoms. The summed E-state index contributed by atoms with van der Waals surface area (Å²) in [5.41, 5.74) is 2.46. The number of hydrogen-bond donors (Lipinski definition) is 0. The maximum absolute atomic E-state index is 14.9. The fraction of sp³-hybridized carbons (Fsp3) is 0.333. The second kappa shape index (κ2) is 5.20. The number of hydrogen-bond acceptors (Lipinski definition) is 3. The van der Waals surface area contributed by atoms with Gasteiger partial charge in [0.15, 0.2) is 5.84 Å². The van der Waals surface area contributed by atoms with Crippen LogP contribution in [0.2, 0.25) is 0 Å². The number of halogens is 3. The predicted molar refractivity (Wildman–Crippen MR) is 101 cm³/mol. The van der Waals surface area contributed by atoms with E-state index in [4.69, 9.17) is 0 Å². The molecule has 0 atom stereocenters. The van der Waals surface area contributed by atoms with Gasteiger partial charge in [-0.2, -0.15) is 8.78 Å². The summed E-state index contributed by atoms with van der Waals surface area (Å²) in [5.74, 6) is -2.51. The lowest BCUT2D eigenvalue weighted by atomic mass is 9.88. The van der Waals surface area contributed by atoms with E-state index < -0.39 is 11.5 Å². The summed E-state index contributed by atoms with van der Waals surface area (Å²) in [6, 6.07) is 5.49. The van der Waals surface area contributed by atoms with Crippen molar-refractivity contribution in [1.82, 2.24) is 9.55 Å². The van der Waals surface area contributed by atoms with E-state index in [0.717, 1.165) is 22.2 Å². The summed E-state index contributed by atoms with van der Waals surface area (Å²) in [4.78, 5) is 9.43. The van der Waals surface area contributed by atoms with Gasteiger partial charge in [-0.1, -0.05) is 6.07 Å². The van der Waals surface area contributed by atoms with E-state index in [1.807, 2.05) is 30.5 Å². The highest BCUT2D eigenvalue weighted by Gasteiger charge is 2.54. The molecule has 1 aliphatic heterocycles. The Labute approximate surface area is 156 Å². The van der Waals surface area contributed by atoms with E-state index in [9.17, 15) is 8.78 Å². The van der Waals surface area contributed by atoms with Gasteiger partial charge in [-0.05, 0) is 66.9 Å². The van der Waals surface area contributed by atoms with E-state index in [-0.39, 0.29) is 5.56 Å². The zero-order chi connectivity index (χ0) is 18.1. The fourth-order valence-electron chi connectivity index (χ4n) is 3.13. The molecule has 0 aliphatic carbocycles. The number of nitrogens with zero attached hydrogens (tertiary/aromatic N) is 3. The van der Waals surface area contributed by atoms with E-state index in [1.54, 1.807) is 6.33 Å². The Kier molecular flexibility index (Phi) is 3.51. The molecular formula is C18H16BrF2N3S. The third-order valence-electron chi connectivity index (χ3n) is 4.87. The van der Waals surface area contributed by atoms with Gasteiger partial charge in [-0.15, -0.1) is 11.3 Å². The minimum atomic E-state index is -3.03. The minimum absolute atomic E-state index is 0.0186. The molecular weight excluding hydrogens is 408 g/mol. The van der Waals surface area contributed by atoms with Crippen LogP contribution in [0, 0.1) is 13.8 Å². The van der Waals surface area contributed by atoms with Crippen LogP contribution >= 0.6 is 27.3 Å². The summed E-state index contributed by atoms with van der Waals surface area (Å²) in [5, 5.41) is 0. The molecule has 0 amide bonds. The standard InChI is InChI=1S/C18H16BrF2N3S/c1-9-5-6-12-14(10(9)2)22-8-24(12)16-15-11(7-13(19)25-15)18(20,21)17(3,4)23-16/h5-8H,1-4H3. The largest absolute Gasteiger partial charge is 0.298 e. The normalized spacial score (nSPS) is 18.3. The van der Waals surface area contributed by atoms with Crippen LogP contribution in [-0.2, 0) is 5.92 Å². The average Bonchev–Trinajstić information content (AvgIpc) is 3.12. The van der Waals surface area contributed by atoms with Crippen LogP contribution < -0.4 is 0 Å². The lowest BCUT2D eigenvalue weighted by molar-refractivity contribution is -0.0679. The zero-order valence-electron chi connectivity index (χ0n) is 14.2. The number of benzene rings is 1. The zero-order valence-corrected chi connectivity index (χ0v) is 16.6. The first kappa shape index (κ1) is 16.8. The molecule has 0 N–H and O–H groups in total. The van der Waals surface area contributed by atoms with Gasteiger partial charge >= 0.3 is 0 Å². The van der Waals surface area contributed by atoms with Gasteiger partial charge in [-0.25, -0.2) is 4.98 Å². The Morgan fingerprint density at radius 2 is 1.92 bits per heavy atom. The first-order valence-electron chi connectivity index (χ1n) is 7.85. The number of rotatable bonds is 0. The highest BCUT2D eigenvalue weighted by Crippen LogP contribution is 2.49. The molecule has 7 heteroatoms. The van der Waals surface area contributed by atoms with Gasteiger partial charge in [0.05, 0.1) is 19.7 Å². The maximum atomic E-state index is 14.9. The molecule has 0 saturated heterocycles. The number of aryl methyl sites for hydroxylation is 2. The molecule has 0 spiro atoms. The van der Waals surface area contributed by atoms with Crippen molar-refractivity contribution >= 4 is 44.1 Å². The van der Waals surface area contributed by atoms with Crippen LogP contribution in [0.15, 0.2) is 33.3 Å². The molecule has 2 aromatic heterocycles. The average molecular weight is 424 g/mol. The van der Waals surface area contributed by atoms with Crippen molar-refractivity contribution in [1.29, 1.82) is 0 Å². The van der Waals surface area contributed by atoms with Crippen LogP contribution in [0.25, 0.3) is 11.0 Å². The lowest BCUT2D eigenvalue weighted by Crippen LogP contribution is -2.44. The van der Waals surface area contributed by atoms with E-state index in [0.29, 0.717) is 14.5 Å². The molecule has 0 radical (unpaired) electrons. The van der Waals surface area contributed by atoms with E-state index in [2.05, 4.69) is 25.9 Å². The monoisotopic (exact) mass is 423 g/mol. The summed E-state index contributed by atoms with van der Waals surface area (Å²) < 4.78 is 32.3. The molecule has 0 unspecified atom stereocenters. The van der Waals surface area contributed by atoms with Crippen molar-refractivity contribution in [2.75, 3.05) is 0 Å². The smallest absolute Gasteiger partial charge is 0.282 e. The van der Waals surface area contributed by atoms with E-state index in [1.165, 1.54) is 31.3 Å². The molecule has 0 fully saturated rings. The highest BCUT2D eigenvalue weighted by atomic mass is 79.9. The molecule has 4 rings (SSSR count). The molecule has 3 nitrogen and oxygen atoms in total. The summed E-state index contributed by atoms with van der Waals surface area (Å²) >= 11 is 4.62. The quantitative estimate of drug-likeness (QED) is 0.458.